The van der Waals surface area contributed by atoms with E-state index in [9.17, 15) is 5.11 Å². The third-order valence-electron chi connectivity index (χ3n) is 2.17. The lowest BCUT2D eigenvalue weighted by atomic mass is 10.1. The van der Waals surface area contributed by atoms with Gasteiger partial charge >= 0.3 is 0 Å². The molecular weight excluding hydrogens is 154 g/mol. The molecule has 2 N–H and O–H groups in total. The minimum atomic E-state index is -0.623. The molecule has 0 amide bonds. The first-order valence-electron chi connectivity index (χ1n) is 4.56. The maximum absolute atomic E-state index is 9.46. The molecule has 0 bridgehead atoms. The molecule has 1 rings (SSSR count). The zero-order valence-corrected chi connectivity index (χ0v) is 8.13. The molecule has 0 aromatic carbocycles. The number of aliphatic hydroxyl groups is 1. The third kappa shape index (κ3) is 3.09. The van der Waals surface area contributed by atoms with Crippen molar-refractivity contribution in [1.29, 1.82) is 0 Å². The first-order chi connectivity index (χ1) is 5.49. The number of hydrogen-bond acceptors (Lipinski definition) is 3. The fourth-order valence-corrected chi connectivity index (χ4v) is 1.38. The second-order valence-corrected chi connectivity index (χ2v) is 4.16. The molecular formula is C9H19NO2. The van der Waals surface area contributed by atoms with Gasteiger partial charge in [-0.1, -0.05) is 0 Å². The van der Waals surface area contributed by atoms with Crippen LogP contribution in [0.15, 0.2) is 0 Å². The van der Waals surface area contributed by atoms with E-state index < -0.39 is 5.60 Å². The van der Waals surface area contributed by atoms with Gasteiger partial charge in [0.05, 0.1) is 11.7 Å². The summed E-state index contributed by atoms with van der Waals surface area (Å²) in [5, 5.41) is 12.8. The van der Waals surface area contributed by atoms with Crippen LogP contribution < -0.4 is 5.32 Å². The maximum Gasteiger partial charge on any atom is 0.0715 e. The molecule has 12 heavy (non-hydrogen) atoms. The van der Waals surface area contributed by atoms with Crippen molar-refractivity contribution in [2.45, 2.75) is 44.9 Å². The van der Waals surface area contributed by atoms with Crippen LogP contribution in [0.4, 0.5) is 0 Å². The van der Waals surface area contributed by atoms with Crippen LogP contribution in [-0.2, 0) is 4.74 Å². The van der Waals surface area contributed by atoms with Crippen LogP contribution in [0, 0.1) is 0 Å². The molecule has 0 spiro atoms. The molecule has 3 nitrogen and oxygen atoms in total. The Morgan fingerprint density at radius 1 is 1.58 bits per heavy atom. The Balaban J connectivity index is 2.23. The highest BCUT2D eigenvalue weighted by molar-refractivity contribution is 4.81. The van der Waals surface area contributed by atoms with Gasteiger partial charge in [0.25, 0.3) is 0 Å². The molecule has 1 aliphatic rings. The predicted molar refractivity (Wildman–Crippen MR) is 48.1 cm³/mol. The second kappa shape index (κ2) is 3.73. The minimum absolute atomic E-state index is 0.285. The highest BCUT2D eigenvalue weighted by Gasteiger charge is 2.25. The van der Waals surface area contributed by atoms with Crippen molar-refractivity contribution in [3.63, 3.8) is 0 Å². The summed E-state index contributed by atoms with van der Waals surface area (Å²) in [6.07, 6.45) is 1.34. The quantitative estimate of drug-likeness (QED) is 0.654. The Morgan fingerprint density at radius 2 is 2.25 bits per heavy atom. The van der Waals surface area contributed by atoms with Crippen molar-refractivity contribution in [2.75, 3.05) is 13.2 Å². The van der Waals surface area contributed by atoms with Crippen molar-refractivity contribution in [3.8, 4) is 0 Å². The number of hydrogen-bond donors (Lipinski definition) is 2. The topological polar surface area (TPSA) is 41.5 Å². The lowest BCUT2D eigenvalue weighted by Crippen LogP contribution is -2.43. The molecule has 72 valence electrons. The zero-order valence-electron chi connectivity index (χ0n) is 8.13. The molecule has 0 aromatic rings. The van der Waals surface area contributed by atoms with Crippen LogP contribution >= 0.6 is 0 Å². The summed E-state index contributed by atoms with van der Waals surface area (Å²) in [7, 11) is 0. The van der Waals surface area contributed by atoms with Gasteiger partial charge in [0.1, 0.15) is 0 Å². The first-order valence-corrected chi connectivity index (χ1v) is 4.56. The van der Waals surface area contributed by atoms with Crippen LogP contribution in [0.5, 0.6) is 0 Å². The first kappa shape index (κ1) is 9.96. The molecule has 2 atom stereocenters. The van der Waals surface area contributed by atoms with Gasteiger partial charge < -0.3 is 15.2 Å². The van der Waals surface area contributed by atoms with Crippen LogP contribution in [0.3, 0.4) is 0 Å². The standard InChI is InChI=1S/C9H19NO2/c1-7-8(4-5-12-7)10-6-9(2,3)11/h7-8,10-11H,4-6H2,1-3H3/t7-,8-/m0/s1. The van der Waals surface area contributed by atoms with Gasteiger partial charge in [-0.05, 0) is 27.2 Å². The van der Waals surface area contributed by atoms with Gasteiger partial charge in [0.15, 0.2) is 0 Å². The van der Waals surface area contributed by atoms with Crippen molar-refractivity contribution in [3.05, 3.63) is 0 Å². The fraction of sp³-hybridized carbons (Fsp3) is 1.00. The van der Waals surface area contributed by atoms with E-state index in [4.69, 9.17) is 4.74 Å². The normalized spacial score (nSPS) is 31.0. The molecule has 0 aromatic heterocycles. The van der Waals surface area contributed by atoms with Gasteiger partial charge in [0.2, 0.25) is 0 Å². The summed E-state index contributed by atoms with van der Waals surface area (Å²) in [6.45, 7) is 7.14. The number of ether oxygens (including phenoxy) is 1. The Labute approximate surface area is 74.1 Å². The fourth-order valence-electron chi connectivity index (χ4n) is 1.38. The highest BCUT2D eigenvalue weighted by atomic mass is 16.5. The van der Waals surface area contributed by atoms with Gasteiger partial charge in [-0.3, -0.25) is 0 Å². The van der Waals surface area contributed by atoms with E-state index in [0.717, 1.165) is 13.0 Å². The van der Waals surface area contributed by atoms with E-state index in [-0.39, 0.29) is 6.10 Å². The van der Waals surface area contributed by atoms with E-state index in [1.165, 1.54) is 0 Å². The Hall–Kier alpha value is -0.120. The molecule has 0 aliphatic carbocycles. The summed E-state index contributed by atoms with van der Waals surface area (Å²) in [5.74, 6) is 0. The number of rotatable bonds is 3. The van der Waals surface area contributed by atoms with Crippen LogP contribution in [-0.4, -0.2) is 36.0 Å². The largest absolute Gasteiger partial charge is 0.389 e. The van der Waals surface area contributed by atoms with Crippen molar-refractivity contribution < 1.29 is 9.84 Å². The van der Waals surface area contributed by atoms with Gasteiger partial charge in [-0.25, -0.2) is 0 Å². The van der Waals surface area contributed by atoms with E-state index in [1.54, 1.807) is 13.8 Å². The van der Waals surface area contributed by atoms with Crippen LogP contribution in [0.1, 0.15) is 27.2 Å². The van der Waals surface area contributed by atoms with Crippen molar-refractivity contribution in [2.24, 2.45) is 0 Å². The second-order valence-electron chi connectivity index (χ2n) is 4.16. The molecule has 0 saturated carbocycles. The predicted octanol–water partition coefficient (Wildman–Crippen LogP) is 0.524. The number of nitrogens with one attached hydrogen (secondary N) is 1. The molecule has 1 fully saturated rings. The average molecular weight is 173 g/mol. The molecule has 0 radical (unpaired) electrons. The third-order valence-corrected chi connectivity index (χ3v) is 2.17. The molecule has 1 aliphatic heterocycles. The molecule has 0 unspecified atom stereocenters. The monoisotopic (exact) mass is 173 g/mol. The highest BCUT2D eigenvalue weighted by Crippen LogP contribution is 2.13. The van der Waals surface area contributed by atoms with Crippen molar-refractivity contribution in [1.82, 2.24) is 5.32 Å². The Bertz CT molecular complexity index is 142. The maximum atomic E-state index is 9.46. The lowest BCUT2D eigenvalue weighted by molar-refractivity contribution is 0.0679. The summed E-state index contributed by atoms with van der Waals surface area (Å²) >= 11 is 0. The van der Waals surface area contributed by atoms with Crippen LogP contribution in [0.25, 0.3) is 0 Å². The SMILES string of the molecule is C[C@@H]1OCC[C@@H]1NCC(C)(C)O. The molecule has 1 saturated heterocycles. The summed E-state index contributed by atoms with van der Waals surface area (Å²) in [6, 6.07) is 0.413. The van der Waals surface area contributed by atoms with E-state index in [0.29, 0.717) is 12.6 Å². The van der Waals surface area contributed by atoms with Crippen molar-refractivity contribution >= 4 is 0 Å². The van der Waals surface area contributed by atoms with Gasteiger partial charge in [-0.15, -0.1) is 0 Å². The molecule has 3 heteroatoms. The summed E-state index contributed by atoms with van der Waals surface area (Å²) in [4.78, 5) is 0. The molecule has 1 heterocycles. The zero-order chi connectivity index (χ0) is 9.19. The Kier molecular flexibility index (Phi) is 3.09. The Morgan fingerprint density at radius 3 is 2.67 bits per heavy atom. The van der Waals surface area contributed by atoms with Gasteiger partial charge in [-0.2, -0.15) is 0 Å². The minimum Gasteiger partial charge on any atom is -0.389 e. The summed E-state index contributed by atoms with van der Waals surface area (Å²) in [5.41, 5.74) is -0.623. The van der Waals surface area contributed by atoms with Crippen LogP contribution in [0.2, 0.25) is 0 Å². The lowest BCUT2D eigenvalue weighted by Gasteiger charge is -2.22. The smallest absolute Gasteiger partial charge is 0.0715 e. The average Bonchev–Trinajstić information content (AvgIpc) is 2.29. The van der Waals surface area contributed by atoms with E-state index in [1.807, 2.05) is 0 Å². The van der Waals surface area contributed by atoms with E-state index in [2.05, 4.69) is 12.2 Å². The summed E-state index contributed by atoms with van der Waals surface area (Å²) < 4.78 is 5.39. The van der Waals surface area contributed by atoms with Gasteiger partial charge in [0, 0.05) is 19.2 Å². The van der Waals surface area contributed by atoms with E-state index >= 15 is 0 Å².